The number of carbonyl (C=O) groups is 8. The van der Waals surface area contributed by atoms with Crippen molar-refractivity contribution in [1.29, 1.82) is 0 Å². The van der Waals surface area contributed by atoms with Gasteiger partial charge in [-0.15, -0.1) is 0 Å². The Kier molecular flexibility index (Phi) is 22.9. The number of nitrogens with two attached hydrogens (primary N) is 3. The Morgan fingerprint density at radius 2 is 1.47 bits per heavy atom. The predicted octanol–water partition coefficient (Wildman–Crippen LogP) is 2.44. The summed E-state index contributed by atoms with van der Waals surface area (Å²) in [5, 5.41) is 27.9. The van der Waals surface area contributed by atoms with E-state index in [0.29, 0.717) is 40.1 Å². The number of H-pyrrole nitrogens is 1. The van der Waals surface area contributed by atoms with E-state index in [9.17, 15) is 33.9 Å². The number of carbonyl (C=O) groups excluding carboxylic acids is 8. The van der Waals surface area contributed by atoms with E-state index in [1.54, 1.807) is 54.9 Å². The molecule has 6 aromatic rings. The van der Waals surface area contributed by atoms with Gasteiger partial charge in [0.1, 0.15) is 42.3 Å². The Morgan fingerprint density at radius 3 is 2.18 bits per heavy atom. The molecule has 0 saturated carbocycles. The summed E-state index contributed by atoms with van der Waals surface area (Å²) in [6.07, 6.45) is 3.96. The first-order valence-corrected chi connectivity index (χ1v) is 30.1. The molecule has 0 aliphatic carbocycles. The molecule has 24 heteroatoms. The number of hydrogen-bond acceptors (Lipinski definition) is 14. The zero-order chi connectivity index (χ0) is 59.7. The van der Waals surface area contributed by atoms with Crippen LogP contribution in [-0.2, 0) is 64.0 Å². The van der Waals surface area contributed by atoms with Gasteiger partial charge in [-0.2, -0.15) is 0 Å². The number of aromatic nitrogens is 2. The molecule has 4 aromatic carbocycles. The number of rotatable bonds is 18. The summed E-state index contributed by atoms with van der Waals surface area (Å²) in [6, 6.07) is 19.7. The summed E-state index contributed by atoms with van der Waals surface area (Å²) < 4.78 is 0. The van der Waals surface area contributed by atoms with Gasteiger partial charge in [-0.3, -0.25) is 43.3 Å². The topological polar surface area (TPSA) is 330 Å². The summed E-state index contributed by atoms with van der Waals surface area (Å²) >= 11 is 6.12. The summed E-state index contributed by atoms with van der Waals surface area (Å²) in [4.78, 5) is 126. The van der Waals surface area contributed by atoms with Gasteiger partial charge in [0.15, 0.2) is 0 Å². The van der Waals surface area contributed by atoms with Crippen molar-refractivity contribution in [2.45, 2.75) is 106 Å². The number of benzene rings is 4. The molecule has 21 nitrogen and oxygen atoms in total. The maximum atomic E-state index is 15.4. The molecule has 1 aliphatic heterocycles. The third-order valence-electron chi connectivity index (χ3n) is 14.5. The highest BCUT2D eigenvalue weighted by Crippen LogP contribution is 2.26. The van der Waals surface area contributed by atoms with Crippen LogP contribution in [0.5, 0.6) is 0 Å². The molecular weight excluding hydrogens is 1120 g/mol. The molecule has 83 heavy (non-hydrogen) atoms. The van der Waals surface area contributed by atoms with Crippen molar-refractivity contribution in [3.8, 4) is 0 Å². The third kappa shape index (κ3) is 17.3. The van der Waals surface area contributed by atoms with Crippen molar-refractivity contribution in [2.75, 3.05) is 32.1 Å². The van der Waals surface area contributed by atoms with Crippen molar-refractivity contribution >= 4 is 102 Å². The number of primary amides is 1. The number of nitrogens with zero attached hydrogens (tertiary/aromatic N) is 3. The lowest BCUT2D eigenvalue weighted by Crippen LogP contribution is -2.62. The number of hydrogen-bond donors (Lipinski definition) is 10. The molecule has 1 fully saturated rings. The van der Waals surface area contributed by atoms with E-state index >= 15 is 9.59 Å². The summed E-state index contributed by atoms with van der Waals surface area (Å²) in [6.45, 7) is 1.53. The predicted molar refractivity (Wildman–Crippen MR) is 322 cm³/mol. The second-order valence-corrected chi connectivity index (χ2v) is 23.6. The number of para-hydroxylation sites is 1. The molecule has 8 amide bonds. The van der Waals surface area contributed by atoms with Gasteiger partial charge in [-0.1, -0.05) is 112 Å². The van der Waals surface area contributed by atoms with Gasteiger partial charge in [-0.25, -0.2) is 0 Å². The zero-order valence-electron chi connectivity index (χ0n) is 46.3. The highest BCUT2D eigenvalue weighted by Gasteiger charge is 2.40. The highest BCUT2D eigenvalue weighted by molar-refractivity contribution is 8.76. The smallest absolute Gasteiger partial charge is 0.246 e. The van der Waals surface area contributed by atoms with E-state index in [2.05, 4.69) is 36.6 Å². The van der Waals surface area contributed by atoms with Crippen LogP contribution in [0, 0.1) is 0 Å². The fourth-order valence-corrected chi connectivity index (χ4v) is 12.2. The number of unbranched alkanes of at least 4 members (excludes halogenated alkanes) is 1. The van der Waals surface area contributed by atoms with Crippen LogP contribution in [0.2, 0.25) is 5.02 Å². The number of halogens is 1. The summed E-state index contributed by atoms with van der Waals surface area (Å²) in [7, 11) is 4.88. The Labute approximate surface area is 494 Å². The molecule has 2 aromatic heterocycles. The maximum Gasteiger partial charge on any atom is 0.246 e. The van der Waals surface area contributed by atoms with Crippen LogP contribution in [0.25, 0.3) is 21.7 Å². The molecule has 0 bridgehead atoms. The minimum Gasteiger partial charge on any atom is -0.391 e. The Balaban J connectivity index is 1.28. The van der Waals surface area contributed by atoms with Gasteiger partial charge in [-0.05, 0) is 96.4 Å². The number of aliphatic hydroxyl groups excluding tert-OH is 1. The van der Waals surface area contributed by atoms with Crippen LogP contribution < -0.4 is 43.8 Å². The molecule has 1 aliphatic rings. The number of aliphatic hydroxyl groups is 1. The molecule has 0 radical (unpaired) electrons. The SMILES string of the molecule is C[C@H](O)[C@H]1NC(=O)[C@H](CCCCN)N(C)C(=O)[C@@H](Cc2c[nH]c3ccccc23)N(C)C(=O)C(Cc2cccnc2)NC(=O)[C@@H](NC(=O)C(N)Cc2ccc(Cl)cc2)CSSC[C@H](C(=O)NC(Cc2ccc3ccccc3c2)C(N)=O)NC1=O. The van der Waals surface area contributed by atoms with Gasteiger partial charge in [0.05, 0.1) is 12.1 Å². The minimum absolute atomic E-state index is 0.0159. The van der Waals surface area contributed by atoms with Gasteiger partial charge in [0.25, 0.3) is 0 Å². The van der Waals surface area contributed by atoms with E-state index in [0.717, 1.165) is 43.3 Å². The average molecular weight is 1190 g/mol. The van der Waals surface area contributed by atoms with Crippen molar-refractivity contribution < 1.29 is 43.5 Å². The number of aromatic amines is 1. The molecule has 0 spiro atoms. The van der Waals surface area contributed by atoms with Crippen LogP contribution in [0.4, 0.5) is 0 Å². The van der Waals surface area contributed by atoms with E-state index < -0.39 is 102 Å². The molecule has 1 saturated heterocycles. The van der Waals surface area contributed by atoms with Crippen LogP contribution in [-0.4, -0.2) is 159 Å². The van der Waals surface area contributed by atoms with Crippen molar-refractivity contribution in [1.82, 2.24) is 46.4 Å². The average Bonchev–Trinajstić information content (AvgIpc) is 3.91. The monoisotopic (exact) mass is 1190 g/mol. The lowest BCUT2D eigenvalue weighted by Gasteiger charge is -2.36. The normalized spacial score (nSPS) is 21.1. The molecule has 3 unspecified atom stereocenters. The standard InChI is InChI=1S/C59H71ClN12O9S2/c1-34(73)51-57(79)69-48(54(76)66-45(52(63)74)27-36-17-20-38-12-4-5-13-39(38)25-36)33-83-82-32-47(68-53(75)43(62)26-35-18-21-41(60)22-19-35)55(77)67-46(28-37-11-10-24-64-30-37)58(80)72(3)50(29-40-31-65-44-15-7-6-14-42(40)44)59(81)71(2)49(56(78)70-51)16-8-9-23-61/h4-7,10-15,17-22,24-25,30-31,34,43,45-51,65,73H,8-9,16,23,26-29,32-33,61-62H2,1-3H3,(H2,63,74)(H,66,76)(H,67,77)(H,68,75)(H,69,79)(H,70,78)/t34-,43?,45?,46?,47-,48+,49-,50+,51+/m0/s1. The quantitative estimate of drug-likeness (QED) is 0.0437. The molecule has 440 valence electrons. The van der Waals surface area contributed by atoms with Crippen molar-refractivity contribution in [2.24, 2.45) is 17.2 Å². The zero-order valence-corrected chi connectivity index (χ0v) is 48.7. The van der Waals surface area contributed by atoms with E-state index in [1.807, 2.05) is 60.7 Å². The third-order valence-corrected chi connectivity index (χ3v) is 17.2. The Hall–Kier alpha value is -7.54. The maximum absolute atomic E-state index is 15.4. The number of pyridine rings is 1. The minimum atomic E-state index is -1.70. The van der Waals surface area contributed by atoms with Gasteiger partial charge < -0.3 is 63.7 Å². The first kappa shape index (κ1) is 63.0. The fraction of sp³-hybridized carbons (Fsp3) is 0.373. The van der Waals surface area contributed by atoms with E-state index in [1.165, 1.54) is 37.0 Å². The summed E-state index contributed by atoms with van der Waals surface area (Å²) in [5.41, 5.74) is 21.6. The number of fused-ring (bicyclic) bond motifs is 2. The van der Waals surface area contributed by atoms with Gasteiger partial charge in [0.2, 0.25) is 47.3 Å². The molecule has 9 atom stereocenters. The molecule has 7 rings (SSSR count). The lowest BCUT2D eigenvalue weighted by atomic mass is 9.99. The second kappa shape index (κ2) is 30.1. The van der Waals surface area contributed by atoms with Crippen LogP contribution in [0.15, 0.2) is 122 Å². The fourth-order valence-electron chi connectivity index (χ4n) is 9.75. The molecular formula is C59H71ClN12O9S2. The second-order valence-electron chi connectivity index (χ2n) is 20.6. The van der Waals surface area contributed by atoms with Gasteiger partial charge in [0, 0.05) is 79.4 Å². The Morgan fingerprint density at radius 1 is 0.771 bits per heavy atom. The number of nitrogens with one attached hydrogen (secondary N) is 6. The summed E-state index contributed by atoms with van der Waals surface area (Å²) in [5.74, 6) is -6.87. The van der Waals surface area contributed by atoms with Crippen molar-refractivity contribution in [3.05, 3.63) is 149 Å². The Bertz CT molecular complexity index is 3250. The van der Waals surface area contributed by atoms with Crippen LogP contribution in [0.1, 0.15) is 48.4 Å². The van der Waals surface area contributed by atoms with Crippen LogP contribution >= 0.6 is 33.2 Å². The first-order valence-electron chi connectivity index (χ1n) is 27.2. The van der Waals surface area contributed by atoms with E-state index in [-0.39, 0.29) is 50.2 Å². The van der Waals surface area contributed by atoms with Gasteiger partial charge >= 0.3 is 0 Å². The number of likely N-dealkylation sites (N-methyl/N-ethyl adjacent to an activating group) is 2. The van der Waals surface area contributed by atoms with E-state index in [4.69, 9.17) is 28.8 Å². The largest absolute Gasteiger partial charge is 0.391 e. The van der Waals surface area contributed by atoms with Crippen molar-refractivity contribution in [3.63, 3.8) is 0 Å². The first-order chi connectivity index (χ1) is 39.8. The molecule has 13 N–H and O–H groups in total. The van der Waals surface area contributed by atoms with Crippen LogP contribution in [0.3, 0.4) is 0 Å². The number of amides is 8. The highest BCUT2D eigenvalue weighted by atomic mass is 35.5. The molecule has 3 heterocycles. The lowest BCUT2D eigenvalue weighted by molar-refractivity contribution is -0.149.